The summed E-state index contributed by atoms with van der Waals surface area (Å²) >= 11 is 0. The molecular weight excluding hydrogens is 288 g/mol. The Kier molecular flexibility index (Phi) is 3.94. The van der Waals surface area contributed by atoms with Crippen molar-refractivity contribution in [1.29, 1.82) is 0 Å². The quantitative estimate of drug-likeness (QED) is 0.798. The highest BCUT2D eigenvalue weighted by molar-refractivity contribution is 5.70. The maximum Gasteiger partial charge on any atom is 0.205 e. The van der Waals surface area contributed by atoms with Crippen LogP contribution >= 0.6 is 0 Å². The van der Waals surface area contributed by atoms with E-state index in [-0.39, 0.29) is 0 Å². The summed E-state index contributed by atoms with van der Waals surface area (Å²) in [5, 5.41) is 0. The predicted octanol–water partition coefficient (Wildman–Crippen LogP) is 3.34. The molecule has 3 heterocycles. The molecular formula is C19H23N2O2+. The fourth-order valence-corrected chi connectivity index (χ4v) is 2.65. The summed E-state index contributed by atoms with van der Waals surface area (Å²) in [7, 11) is 2.01. The molecule has 4 heteroatoms. The van der Waals surface area contributed by atoms with E-state index in [0.29, 0.717) is 6.61 Å². The molecule has 1 aliphatic rings. The molecule has 0 saturated heterocycles. The van der Waals surface area contributed by atoms with Gasteiger partial charge in [-0.05, 0) is 31.1 Å². The van der Waals surface area contributed by atoms with E-state index < -0.39 is 5.79 Å². The maximum absolute atomic E-state index is 5.95. The molecule has 0 amide bonds. The van der Waals surface area contributed by atoms with E-state index in [1.54, 1.807) is 0 Å². The van der Waals surface area contributed by atoms with E-state index >= 15 is 0 Å². The highest BCUT2D eigenvalue weighted by Crippen LogP contribution is 2.36. The normalized spacial score (nSPS) is 16.2. The Labute approximate surface area is 137 Å². The van der Waals surface area contributed by atoms with Crippen molar-refractivity contribution in [3.63, 3.8) is 0 Å². The van der Waals surface area contributed by atoms with Gasteiger partial charge in [0.15, 0.2) is 12.4 Å². The van der Waals surface area contributed by atoms with E-state index in [0.717, 1.165) is 33.8 Å². The van der Waals surface area contributed by atoms with Crippen molar-refractivity contribution in [2.75, 3.05) is 0 Å². The summed E-state index contributed by atoms with van der Waals surface area (Å²) in [4.78, 5) is 4.71. The van der Waals surface area contributed by atoms with Crippen LogP contribution in [0.3, 0.4) is 0 Å². The molecule has 0 saturated carbocycles. The SMILES string of the molecule is Cc1nc(/C=C/c2cc[n+](C)cc2)c(C)c2c1OC(C)(C)OC2. The van der Waals surface area contributed by atoms with Crippen molar-refractivity contribution in [3.05, 3.63) is 52.6 Å². The van der Waals surface area contributed by atoms with Gasteiger partial charge in [-0.3, -0.25) is 0 Å². The van der Waals surface area contributed by atoms with Crippen LogP contribution in [0, 0.1) is 13.8 Å². The minimum atomic E-state index is -0.594. The fraction of sp³-hybridized carbons (Fsp3) is 0.368. The van der Waals surface area contributed by atoms with Crippen molar-refractivity contribution in [1.82, 2.24) is 4.98 Å². The summed E-state index contributed by atoms with van der Waals surface area (Å²) in [5.74, 6) is 0.269. The molecule has 0 spiro atoms. The van der Waals surface area contributed by atoms with Crippen LogP contribution in [0.1, 0.15) is 41.9 Å². The molecule has 3 rings (SSSR count). The minimum absolute atomic E-state index is 0.555. The zero-order valence-electron chi connectivity index (χ0n) is 14.4. The third-order valence-electron chi connectivity index (χ3n) is 4.08. The van der Waals surface area contributed by atoms with Crippen LogP contribution < -0.4 is 9.30 Å². The summed E-state index contributed by atoms with van der Waals surface area (Å²) < 4.78 is 13.7. The number of hydrogen-bond acceptors (Lipinski definition) is 3. The Morgan fingerprint density at radius 3 is 2.57 bits per heavy atom. The Hall–Kier alpha value is -2.20. The molecule has 4 nitrogen and oxygen atoms in total. The molecule has 0 fully saturated rings. The smallest absolute Gasteiger partial charge is 0.205 e. The molecule has 0 bridgehead atoms. The average Bonchev–Trinajstić information content (AvgIpc) is 2.50. The topological polar surface area (TPSA) is 35.2 Å². The lowest BCUT2D eigenvalue weighted by Crippen LogP contribution is -2.36. The number of rotatable bonds is 2. The lowest BCUT2D eigenvalue weighted by Gasteiger charge is -2.34. The first-order valence-corrected chi connectivity index (χ1v) is 7.82. The van der Waals surface area contributed by atoms with Crippen LogP contribution in [-0.2, 0) is 18.4 Å². The van der Waals surface area contributed by atoms with Gasteiger partial charge in [0.05, 0.1) is 18.0 Å². The molecule has 23 heavy (non-hydrogen) atoms. The molecule has 0 atom stereocenters. The monoisotopic (exact) mass is 311 g/mol. The van der Waals surface area contributed by atoms with Crippen molar-refractivity contribution in [2.24, 2.45) is 7.05 Å². The van der Waals surface area contributed by atoms with Crippen molar-refractivity contribution < 1.29 is 14.0 Å². The first-order valence-electron chi connectivity index (χ1n) is 7.82. The highest BCUT2D eigenvalue weighted by atomic mass is 16.7. The number of aromatic nitrogens is 2. The van der Waals surface area contributed by atoms with Gasteiger partial charge < -0.3 is 9.47 Å². The third kappa shape index (κ3) is 3.27. The molecule has 0 radical (unpaired) electrons. The van der Waals surface area contributed by atoms with Crippen LogP contribution in [-0.4, -0.2) is 10.8 Å². The van der Waals surface area contributed by atoms with Crippen LogP contribution in [0.15, 0.2) is 24.5 Å². The van der Waals surface area contributed by atoms with E-state index in [2.05, 4.69) is 31.2 Å². The number of pyridine rings is 2. The van der Waals surface area contributed by atoms with E-state index in [1.165, 1.54) is 0 Å². The number of ether oxygens (including phenoxy) is 2. The second kappa shape index (κ2) is 5.78. The maximum atomic E-state index is 5.95. The van der Waals surface area contributed by atoms with Crippen molar-refractivity contribution in [3.8, 4) is 5.75 Å². The second-order valence-corrected chi connectivity index (χ2v) is 6.44. The Balaban J connectivity index is 1.95. The van der Waals surface area contributed by atoms with Crippen molar-refractivity contribution in [2.45, 2.75) is 40.1 Å². The van der Waals surface area contributed by atoms with Gasteiger partial charge >= 0.3 is 0 Å². The van der Waals surface area contributed by atoms with Gasteiger partial charge in [-0.15, -0.1) is 0 Å². The van der Waals surface area contributed by atoms with E-state index in [4.69, 9.17) is 14.5 Å². The number of hydrogen-bond donors (Lipinski definition) is 0. The number of aryl methyl sites for hydroxylation is 2. The minimum Gasteiger partial charge on any atom is -0.461 e. The van der Waals surface area contributed by atoms with Gasteiger partial charge in [0.25, 0.3) is 0 Å². The summed E-state index contributed by atoms with van der Waals surface area (Å²) in [5.41, 5.74) is 5.21. The molecule has 2 aromatic heterocycles. The standard InChI is InChI=1S/C19H23N2O2/c1-13-16-12-22-19(3,4)23-18(16)14(2)20-17(13)7-6-15-8-10-21(5)11-9-15/h6-11H,12H2,1-5H3/q+1/b7-6+. The van der Waals surface area contributed by atoms with Gasteiger partial charge in [-0.25, -0.2) is 9.55 Å². The van der Waals surface area contributed by atoms with E-state index in [9.17, 15) is 0 Å². The highest BCUT2D eigenvalue weighted by Gasteiger charge is 2.30. The summed E-state index contributed by atoms with van der Waals surface area (Å²) in [6.45, 7) is 8.46. The first-order chi connectivity index (χ1) is 10.9. The zero-order chi connectivity index (χ0) is 16.6. The van der Waals surface area contributed by atoms with Crippen LogP contribution in [0.5, 0.6) is 5.75 Å². The van der Waals surface area contributed by atoms with Crippen molar-refractivity contribution >= 4 is 12.2 Å². The number of nitrogens with zero attached hydrogens (tertiary/aromatic N) is 2. The van der Waals surface area contributed by atoms with Gasteiger partial charge in [-0.2, -0.15) is 0 Å². The zero-order valence-corrected chi connectivity index (χ0v) is 14.4. The van der Waals surface area contributed by atoms with Crippen LogP contribution in [0.2, 0.25) is 0 Å². The second-order valence-electron chi connectivity index (χ2n) is 6.44. The molecule has 2 aromatic rings. The van der Waals surface area contributed by atoms with Gasteiger partial charge in [0.2, 0.25) is 5.79 Å². The Morgan fingerprint density at radius 2 is 1.87 bits per heavy atom. The largest absolute Gasteiger partial charge is 0.461 e. The molecule has 0 unspecified atom stereocenters. The lowest BCUT2D eigenvalue weighted by atomic mass is 10.0. The third-order valence-corrected chi connectivity index (χ3v) is 4.08. The molecule has 0 N–H and O–H groups in total. The molecule has 0 aliphatic carbocycles. The average molecular weight is 311 g/mol. The summed E-state index contributed by atoms with van der Waals surface area (Å²) in [6.07, 6.45) is 8.19. The van der Waals surface area contributed by atoms with Gasteiger partial charge in [-0.1, -0.05) is 6.08 Å². The predicted molar refractivity (Wildman–Crippen MR) is 89.8 cm³/mol. The Morgan fingerprint density at radius 1 is 1.17 bits per heavy atom. The Bertz CT molecular complexity index is 762. The van der Waals surface area contributed by atoms with Gasteiger partial charge in [0, 0.05) is 31.5 Å². The van der Waals surface area contributed by atoms with E-state index in [1.807, 2.05) is 44.8 Å². The first kappa shape index (κ1) is 15.7. The fourth-order valence-electron chi connectivity index (χ4n) is 2.65. The van der Waals surface area contributed by atoms with Crippen LogP contribution in [0.4, 0.5) is 0 Å². The van der Waals surface area contributed by atoms with Crippen LogP contribution in [0.25, 0.3) is 12.2 Å². The lowest BCUT2D eigenvalue weighted by molar-refractivity contribution is -0.671. The van der Waals surface area contributed by atoms with Gasteiger partial charge in [0.1, 0.15) is 12.8 Å². The molecule has 0 aromatic carbocycles. The number of fused-ring (bicyclic) bond motifs is 1. The summed E-state index contributed by atoms with van der Waals surface area (Å²) in [6, 6.07) is 4.15. The molecule has 1 aliphatic heterocycles. The molecule has 120 valence electrons.